The van der Waals surface area contributed by atoms with Gasteiger partial charge in [-0.3, -0.25) is 0 Å². The third-order valence-electron chi connectivity index (χ3n) is 3.00. The molecule has 0 saturated heterocycles. The topological polar surface area (TPSA) is 59.9 Å². The standard InChI is InChI=1S/C16H16N4O/c1-3-17-16-18-10-9-14(20-16)21-13-6-4-5-12-8-7-11(2)19-15(12)13/h4-10H,3H2,1-2H3,(H,17,18,20). The second-order valence-electron chi connectivity index (χ2n) is 4.63. The van der Waals surface area contributed by atoms with Crippen LogP contribution < -0.4 is 10.1 Å². The zero-order valence-electron chi connectivity index (χ0n) is 12.0. The van der Waals surface area contributed by atoms with Crippen LogP contribution in [-0.2, 0) is 0 Å². The number of hydrogen-bond donors (Lipinski definition) is 1. The highest BCUT2D eigenvalue weighted by molar-refractivity contribution is 5.84. The number of ether oxygens (including phenoxy) is 1. The Hall–Kier alpha value is -2.69. The molecule has 0 saturated carbocycles. The molecule has 21 heavy (non-hydrogen) atoms. The summed E-state index contributed by atoms with van der Waals surface area (Å²) >= 11 is 0. The fraction of sp³-hybridized carbons (Fsp3) is 0.188. The summed E-state index contributed by atoms with van der Waals surface area (Å²) in [5.74, 6) is 1.74. The average molecular weight is 280 g/mol. The smallest absolute Gasteiger partial charge is 0.225 e. The normalized spacial score (nSPS) is 10.6. The van der Waals surface area contributed by atoms with Gasteiger partial charge in [-0.1, -0.05) is 18.2 Å². The zero-order chi connectivity index (χ0) is 14.7. The van der Waals surface area contributed by atoms with Gasteiger partial charge in [0.1, 0.15) is 5.52 Å². The molecule has 0 aliphatic carbocycles. The summed E-state index contributed by atoms with van der Waals surface area (Å²) in [4.78, 5) is 13.0. The highest BCUT2D eigenvalue weighted by Gasteiger charge is 2.07. The molecule has 0 radical (unpaired) electrons. The first-order valence-corrected chi connectivity index (χ1v) is 6.87. The van der Waals surface area contributed by atoms with Crippen LogP contribution in [0.2, 0.25) is 0 Å². The molecule has 0 aliphatic heterocycles. The molecule has 5 heteroatoms. The maximum Gasteiger partial charge on any atom is 0.225 e. The molecule has 5 nitrogen and oxygen atoms in total. The Balaban J connectivity index is 1.98. The molecule has 0 amide bonds. The van der Waals surface area contributed by atoms with Gasteiger partial charge in [-0.25, -0.2) is 9.97 Å². The minimum absolute atomic E-state index is 0.497. The van der Waals surface area contributed by atoms with Gasteiger partial charge in [-0.05, 0) is 26.0 Å². The van der Waals surface area contributed by atoms with Crippen molar-refractivity contribution in [1.82, 2.24) is 15.0 Å². The van der Waals surface area contributed by atoms with Crippen LogP contribution in [0.1, 0.15) is 12.6 Å². The summed E-state index contributed by atoms with van der Waals surface area (Å²) in [6.45, 7) is 4.72. The van der Waals surface area contributed by atoms with Crippen molar-refractivity contribution in [1.29, 1.82) is 0 Å². The van der Waals surface area contributed by atoms with Crippen molar-refractivity contribution >= 4 is 16.9 Å². The first-order chi connectivity index (χ1) is 10.3. The maximum atomic E-state index is 5.88. The number of rotatable bonds is 4. The van der Waals surface area contributed by atoms with Gasteiger partial charge in [0.25, 0.3) is 0 Å². The Morgan fingerprint density at radius 3 is 2.86 bits per heavy atom. The summed E-state index contributed by atoms with van der Waals surface area (Å²) in [5, 5.41) is 4.10. The quantitative estimate of drug-likeness (QED) is 0.791. The van der Waals surface area contributed by atoms with Crippen LogP contribution >= 0.6 is 0 Å². The summed E-state index contributed by atoms with van der Waals surface area (Å²) in [5.41, 5.74) is 1.79. The lowest BCUT2D eigenvalue weighted by Crippen LogP contribution is -2.02. The van der Waals surface area contributed by atoms with Crippen molar-refractivity contribution in [2.24, 2.45) is 0 Å². The second kappa shape index (κ2) is 5.75. The van der Waals surface area contributed by atoms with Gasteiger partial charge in [0.2, 0.25) is 11.8 Å². The zero-order valence-corrected chi connectivity index (χ0v) is 12.0. The van der Waals surface area contributed by atoms with Crippen molar-refractivity contribution in [2.45, 2.75) is 13.8 Å². The van der Waals surface area contributed by atoms with E-state index in [1.165, 1.54) is 0 Å². The second-order valence-corrected chi connectivity index (χ2v) is 4.63. The van der Waals surface area contributed by atoms with E-state index >= 15 is 0 Å². The van der Waals surface area contributed by atoms with Crippen LogP contribution in [0, 0.1) is 6.92 Å². The van der Waals surface area contributed by atoms with Crippen LogP contribution in [0.5, 0.6) is 11.6 Å². The Bertz CT molecular complexity index is 773. The Morgan fingerprint density at radius 1 is 1.10 bits per heavy atom. The monoisotopic (exact) mass is 280 g/mol. The van der Waals surface area contributed by atoms with Gasteiger partial charge >= 0.3 is 0 Å². The maximum absolute atomic E-state index is 5.88. The molecule has 1 aromatic carbocycles. The van der Waals surface area contributed by atoms with E-state index in [1.54, 1.807) is 12.3 Å². The Labute approximate surface area is 123 Å². The van der Waals surface area contributed by atoms with Crippen molar-refractivity contribution in [2.75, 3.05) is 11.9 Å². The molecule has 1 N–H and O–H groups in total. The van der Waals surface area contributed by atoms with E-state index in [2.05, 4.69) is 20.3 Å². The van der Waals surface area contributed by atoms with Gasteiger partial charge in [-0.2, -0.15) is 4.98 Å². The largest absolute Gasteiger partial charge is 0.437 e. The van der Waals surface area contributed by atoms with Gasteiger partial charge in [0.05, 0.1) is 0 Å². The SMILES string of the molecule is CCNc1nccc(Oc2cccc3ccc(C)nc23)n1. The van der Waals surface area contributed by atoms with E-state index < -0.39 is 0 Å². The fourth-order valence-electron chi connectivity index (χ4n) is 2.05. The van der Waals surface area contributed by atoms with Crippen LogP contribution in [0.3, 0.4) is 0 Å². The van der Waals surface area contributed by atoms with Crippen molar-refractivity contribution < 1.29 is 4.74 Å². The van der Waals surface area contributed by atoms with Gasteiger partial charge in [0.15, 0.2) is 5.75 Å². The number of pyridine rings is 1. The van der Waals surface area contributed by atoms with Crippen molar-refractivity contribution in [3.63, 3.8) is 0 Å². The average Bonchev–Trinajstić information content (AvgIpc) is 2.49. The first kappa shape index (κ1) is 13.3. The van der Waals surface area contributed by atoms with Gasteiger partial charge < -0.3 is 10.1 Å². The summed E-state index contributed by atoms with van der Waals surface area (Å²) < 4.78 is 5.88. The minimum Gasteiger partial charge on any atom is -0.437 e. The number of benzene rings is 1. The van der Waals surface area contributed by atoms with Crippen LogP contribution in [0.15, 0.2) is 42.6 Å². The van der Waals surface area contributed by atoms with Crippen LogP contribution in [0.25, 0.3) is 10.9 Å². The highest BCUT2D eigenvalue weighted by Crippen LogP contribution is 2.27. The van der Waals surface area contributed by atoms with E-state index in [4.69, 9.17) is 4.74 Å². The fourth-order valence-corrected chi connectivity index (χ4v) is 2.05. The predicted octanol–water partition coefficient (Wildman–Crippen LogP) is 3.56. The van der Waals surface area contributed by atoms with Crippen LogP contribution in [-0.4, -0.2) is 21.5 Å². The third kappa shape index (κ3) is 2.91. The molecule has 2 heterocycles. The summed E-state index contributed by atoms with van der Waals surface area (Å²) in [7, 11) is 0. The minimum atomic E-state index is 0.497. The van der Waals surface area contributed by atoms with E-state index in [0.717, 1.165) is 23.1 Å². The molecule has 0 bridgehead atoms. The summed E-state index contributed by atoms with van der Waals surface area (Å²) in [6.07, 6.45) is 1.67. The number of nitrogens with zero attached hydrogens (tertiary/aromatic N) is 3. The molecule has 0 atom stereocenters. The number of nitrogens with one attached hydrogen (secondary N) is 1. The number of fused-ring (bicyclic) bond motifs is 1. The number of hydrogen-bond acceptors (Lipinski definition) is 5. The number of para-hydroxylation sites is 1. The third-order valence-corrected chi connectivity index (χ3v) is 3.00. The predicted molar refractivity (Wildman–Crippen MR) is 82.7 cm³/mol. The highest BCUT2D eigenvalue weighted by atomic mass is 16.5. The van der Waals surface area contributed by atoms with Gasteiger partial charge in [-0.15, -0.1) is 0 Å². The lowest BCUT2D eigenvalue weighted by atomic mass is 10.2. The molecule has 0 unspecified atom stereocenters. The molecule has 3 rings (SSSR count). The molecule has 0 aliphatic rings. The molecule has 2 aromatic heterocycles. The molecular weight excluding hydrogens is 264 g/mol. The molecule has 106 valence electrons. The van der Waals surface area contributed by atoms with E-state index in [-0.39, 0.29) is 0 Å². The lowest BCUT2D eigenvalue weighted by molar-refractivity contribution is 0.466. The molecule has 3 aromatic rings. The molecule has 0 spiro atoms. The summed E-state index contributed by atoms with van der Waals surface area (Å²) in [6, 6.07) is 11.6. The Morgan fingerprint density at radius 2 is 2.00 bits per heavy atom. The first-order valence-electron chi connectivity index (χ1n) is 6.87. The lowest BCUT2D eigenvalue weighted by Gasteiger charge is -2.09. The number of aromatic nitrogens is 3. The molecule has 0 fully saturated rings. The van der Waals surface area contributed by atoms with E-state index in [0.29, 0.717) is 17.6 Å². The number of anilines is 1. The van der Waals surface area contributed by atoms with E-state index in [1.807, 2.05) is 44.2 Å². The van der Waals surface area contributed by atoms with Gasteiger partial charge in [0, 0.05) is 29.9 Å². The van der Waals surface area contributed by atoms with Crippen LogP contribution in [0.4, 0.5) is 5.95 Å². The van der Waals surface area contributed by atoms with Crippen molar-refractivity contribution in [3.05, 3.63) is 48.3 Å². The molecular formula is C16H16N4O. The van der Waals surface area contributed by atoms with Crippen molar-refractivity contribution in [3.8, 4) is 11.6 Å². The number of aryl methyl sites for hydroxylation is 1. The Kier molecular flexibility index (Phi) is 3.64. The van der Waals surface area contributed by atoms with E-state index in [9.17, 15) is 0 Å².